The number of phenols is 3. The Morgan fingerprint density at radius 1 is 0.875 bits per heavy atom. The van der Waals surface area contributed by atoms with Gasteiger partial charge in [0, 0.05) is 12.8 Å². The minimum Gasteiger partial charge on any atom is -0.508 e. The standard InChI is InChI=1S/C19H22O5/c20-15-6-1-13(2-7-15)3-8-16(21)12-17(22)9-4-14-5-10-18(23)19(24)11-14/h1-2,5-7,10-11,17,20,22-24H,3-4,8-9,12H2. The van der Waals surface area contributed by atoms with Crippen molar-refractivity contribution in [1.29, 1.82) is 0 Å². The van der Waals surface area contributed by atoms with Crippen molar-refractivity contribution in [2.75, 3.05) is 0 Å². The average Bonchev–Trinajstić information content (AvgIpc) is 2.55. The van der Waals surface area contributed by atoms with Crippen LogP contribution in [0, 0.1) is 0 Å². The van der Waals surface area contributed by atoms with Gasteiger partial charge in [0.2, 0.25) is 0 Å². The third-order valence-corrected chi connectivity index (χ3v) is 3.90. The number of aliphatic hydroxyl groups excluding tert-OH is 1. The van der Waals surface area contributed by atoms with Gasteiger partial charge in [-0.15, -0.1) is 0 Å². The topological polar surface area (TPSA) is 98.0 Å². The van der Waals surface area contributed by atoms with Crippen molar-refractivity contribution in [1.82, 2.24) is 0 Å². The molecule has 0 saturated carbocycles. The molecule has 0 aliphatic heterocycles. The molecule has 5 heteroatoms. The Morgan fingerprint density at radius 3 is 2.21 bits per heavy atom. The Labute approximate surface area is 140 Å². The highest BCUT2D eigenvalue weighted by Gasteiger charge is 2.12. The molecule has 0 heterocycles. The lowest BCUT2D eigenvalue weighted by Gasteiger charge is -2.10. The van der Waals surface area contributed by atoms with Gasteiger partial charge < -0.3 is 20.4 Å². The van der Waals surface area contributed by atoms with Crippen LogP contribution < -0.4 is 0 Å². The molecule has 0 saturated heterocycles. The van der Waals surface area contributed by atoms with Crippen LogP contribution in [0.4, 0.5) is 0 Å². The van der Waals surface area contributed by atoms with Gasteiger partial charge in [-0.1, -0.05) is 18.2 Å². The lowest BCUT2D eigenvalue weighted by atomic mass is 10.00. The van der Waals surface area contributed by atoms with Crippen molar-refractivity contribution < 1.29 is 25.2 Å². The smallest absolute Gasteiger partial charge is 0.157 e. The highest BCUT2D eigenvalue weighted by molar-refractivity contribution is 5.79. The van der Waals surface area contributed by atoms with Gasteiger partial charge in [0.1, 0.15) is 11.5 Å². The molecular weight excluding hydrogens is 308 g/mol. The quantitative estimate of drug-likeness (QED) is 0.558. The van der Waals surface area contributed by atoms with E-state index in [0.29, 0.717) is 25.7 Å². The van der Waals surface area contributed by atoms with E-state index in [-0.39, 0.29) is 29.5 Å². The monoisotopic (exact) mass is 330 g/mol. The summed E-state index contributed by atoms with van der Waals surface area (Å²) in [6.07, 6.45) is 1.23. The minimum absolute atomic E-state index is 0.0101. The second-order valence-electron chi connectivity index (χ2n) is 5.92. The molecule has 0 fully saturated rings. The van der Waals surface area contributed by atoms with E-state index >= 15 is 0 Å². The summed E-state index contributed by atoms with van der Waals surface area (Å²) >= 11 is 0. The first-order valence-corrected chi connectivity index (χ1v) is 7.92. The summed E-state index contributed by atoms with van der Waals surface area (Å²) < 4.78 is 0. The van der Waals surface area contributed by atoms with Gasteiger partial charge in [-0.05, 0) is 54.7 Å². The number of carbonyl (C=O) groups excluding carboxylic acids is 1. The van der Waals surface area contributed by atoms with Crippen molar-refractivity contribution in [2.24, 2.45) is 0 Å². The number of rotatable bonds is 8. The van der Waals surface area contributed by atoms with E-state index < -0.39 is 6.10 Å². The van der Waals surface area contributed by atoms with Crippen LogP contribution in [0.3, 0.4) is 0 Å². The number of phenolic OH excluding ortho intramolecular Hbond substituents is 3. The molecule has 0 amide bonds. The van der Waals surface area contributed by atoms with Gasteiger partial charge in [-0.3, -0.25) is 4.79 Å². The van der Waals surface area contributed by atoms with E-state index in [2.05, 4.69) is 0 Å². The van der Waals surface area contributed by atoms with Gasteiger partial charge in [-0.25, -0.2) is 0 Å². The van der Waals surface area contributed by atoms with Crippen LogP contribution in [0.1, 0.15) is 30.4 Å². The SMILES string of the molecule is O=C(CCc1ccc(O)cc1)CC(O)CCc1ccc(O)c(O)c1. The zero-order chi connectivity index (χ0) is 17.5. The second kappa shape index (κ2) is 8.36. The Hall–Kier alpha value is -2.53. The number of hydrogen-bond acceptors (Lipinski definition) is 5. The Bertz CT molecular complexity index is 679. The fourth-order valence-corrected chi connectivity index (χ4v) is 2.47. The molecule has 2 rings (SSSR count). The Morgan fingerprint density at radius 2 is 1.54 bits per heavy atom. The normalized spacial score (nSPS) is 12.0. The molecule has 0 spiro atoms. The van der Waals surface area contributed by atoms with E-state index in [4.69, 9.17) is 0 Å². The average molecular weight is 330 g/mol. The number of Topliss-reactive ketones (excluding diaryl/α,β-unsaturated/α-hetero) is 1. The molecule has 0 aromatic heterocycles. The Balaban J connectivity index is 1.72. The highest BCUT2D eigenvalue weighted by Crippen LogP contribution is 2.25. The molecule has 2 aromatic rings. The third-order valence-electron chi connectivity index (χ3n) is 3.90. The molecule has 24 heavy (non-hydrogen) atoms. The summed E-state index contributed by atoms with van der Waals surface area (Å²) in [5.41, 5.74) is 1.76. The van der Waals surface area contributed by atoms with Crippen LogP contribution in [-0.2, 0) is 17.6 Å². The van der Waals surface area contributed by atoms with Crippen molar-refractivity contribution in [3.05, 3.63) is 53.6 Å². The minimum atomic E-state index is -0.728. The number of aromatic hydroxyl groups is 3. The molecular formula is C19H22O5. The van der Waals surface area contributed by atoms with Crippen LogP contribution in [0.2, 0.25) is 0 Å². The van der Waals surface area contributed by atoms with Crippen molar-refractivity contribution in [2.45, 2.75) is 38.2 Å². The summed E-state index contributed by atoms with van der Waals surface area (Å²) in [5.74, 6) is -0.180. The molecule has 4 N–H and O–H groups in total. The predicted octanol–water partition coefficient (Wildman–Crippen LogP) is 2.69. The van der Waals surface area contributed by atoms with Gasteiger partial charge >= 0.3 is 0 Å². The number of hydrogen-bond donors (Lipinski definition) is 4. The molecule has 1 atom stereocenters. The lowest BCUT2D eigenvalue weighted by molar-refractivity contribution is -0.120. The van der Waals surface area contributed by atoms with Crippen LogP contribution in [-0.4, -0.2) is 32.3 Å². The second-order valence-corrected chi connectivity index (χ2v) is 5.92. The first-order chi connectivity index (χ1) is 11.4. The molecule has 0 bridgehead atoms. The van der Waals surface area contributed by atoms with E-state index in [1.807, 2.05) is 0 Å². The largest absolute Gasteiger partial charge is 0.508 e. The van der Waals surface area contributed by atoms with Crippen molar-refractivity contribution in [3.8, 4) is 17.2 Å². The molecule has 0 radical (unpaired) electrons. The van der Waals surface area contributed by atoms with Gasteiger partial charge in [0.15, 0.2) is 11.5 Å². The van der Waals surface area contributed by atoms with Crippen LogP contribution in [0.5, 0.6) is 17.2 Å². The van der Waals surface area contributed by atoms with Crippen LogP contribution in [0.25, 0.3) is 0 Å². The number of aliphatic hydroxyl groups is 1. The molecule has 5 nitrogen and oxygen atoms in total. The zero-order valence-corrected chi connectivity index (χ0v) is 13.4. The lowest BCUT2D eigenvalue weighted by Crippen LogP contribution is -2.14. The number of ketones is 1. The van der Waals surface area contributed by atoms with E-state index in [9.17, 15) is 25.2 Å². The van der Waals surface area contributed by atoms with Gasteiger partial charge in [0.05, 0.1) is 6.10 Å². The first kappa shape index (κ1) is 17.8. The van der Waals surface area contributed by atoms with E-state index in [1.54, 1.807) is 30.3 Å². The molecule has 1 unspecified atom stereocenters. The maximum atomic E-state index is 11.9. The summed E-state index contributed by atoms with van der Waals surface area (Å²) in [7, 11) is 0. The Kier molecular flexibility index (Phi) is 6.21. The maximum Gasteiger partial charge on any atom is 0.157 e. The van der Waals surface area contributed by atoms with E-state index in [1.165, 1.54) is 12.1 Å². The predicted molar refractivity (Wildman–Crippen MR) is 90.2 cm³/mol. The summed E-state index contributed by atoms with van der Waals surface area (Å²) in [6, 6.07) is 11.2. The molecule has 128 valence electrons. The summed E-state index contributed by atoms with van der Waals surface area (Å²) in [4.78, 5) is 11.9. The first-order valence-electron chi connectivity index (χ1n) is 7.92. The zero-order valence-electron chi connectivity index (χ0n) is 13.4. The maximum absolute atomic E-state index is 11.9. The molecule has 0 aliphatic rings. The summed E-state index contributed by atoms with van der Waals surface area (Å²) in [5, 5.41) is 37.9. The van der Waals surface area contributed by atoms with E-state index in [0.717, 1.165) is 11.1 Å². The van der Waals surface area contributed by atoms with Crippen LogP contribution in [0.15, 0.2) is 42.5 Å². The van der Waals surface area contributed by atoms with Gasteiger partial charge in [0.25, 0.3) is 0 Å². The van der Waals surface area contributed by atoms with Crippen LogP contribution >= 0.6 is 0 Å². The molecule has 0 aliphatic carbocycles. The number of aryl methyl sites for hydroxylation is 2. The fourth-order valence-electron chi connectivity index (χ4n) is 2.47. The number of carbonyl (C=O) groups is 1. The summed E-state index contributed by atoms with van der Waals surface area (Å²) in [6.45, 7) is 0. The highest BCUT2D eigenvalue weighted by atomic mass is 16.3. The van der Waals surface area contributed by atoms with Crippen molar-refractivity contribution >= 4 is 5.78 Å². The van der Waals surface area contributed by atoms with Crippen molar-refractivity contribution in [3.63, 3.8) is 0 Å². The third kappa shape index (κ3) is 5.59. The van der Waals surface area contributed by atoms with Gasteiger partial charge in [-0.2, -0.15) is 0 Å². The number of benzene rings is 2. The molecule has 2 aromatic carbocycles. The fraction of sp³-hybridized carbons (Fsp3) is 0.316.